The molecule has 0 unspecified atom stereocenters. The minimum absolute atomic E-state index is 0.0156. The molecule has 4 nitrogen and oxygen atoms in total. The number of carboxylic acid groups (broad SMARTS) is 1. The molecule has 0 saturated carbocycles. The standard InChI is InChI=1S/C13H12ClFN2O2/c1-7(2)12-10(14)11(13(18)19)16-17(12)9-5-3-8(15)4-6-9/h3-7H,1-2H3,(H,18,19). The van der Waals surface area contributed by atoms with Gasteiger partial charge in [-0.15, -0.1) is 0 Å². The van der Waals surface area contributed by atoms with E-state index in [4.69, 9.17) is 16.7 Å². The van der Waals surface area contributed by atoms with Crippen molar-refractivity contribution in [3.63, 3.8) is 0 Å². The van der Waals surface area contributed by atoms with Crippen molar-refractivity contribution < 1.29 is 14.3 Å². The van der Waals surface area contributed by atoms with Gasteiger partial charge >= 0.3 is 5.97 Å². The lowest BCUT2D eigenvalue weighted by atomic mass is 10.1. The Bertz CT molecular complexity index is 620. The average molecular weight is 283 g/mol. The molecule has 0 atom stereocenters. The van der Waals surface area contributed by atoms with E-state index in [1.165, 1.54) is 28.9 Å². The third-order valence-electron chi connectivity index (χ3n) is 2.68. The van der Waals surface area contributed by atoms with Crippen molar-refractivity contribution in [2.75, 3.05) is 0 Å². The van der Waals surface area contributed by atoms with Crippen LogP contribution in [0.4, 0.5) is 4.39 Å². The molecule has 0 spiro atoms. The fourth-order valence-electron chi connectivity index (χ4n) is 1.83. The van der Waals surface area contributed by atoms with E-state index in [-0.39, 0.29) is 22.5 Å². The van der Waals surface area contributed by atoms with Crippen LogP contribution in [0.15, 0.2) is 24.3 Å². The third kappa shape index (κ3) is 2.46. The number of aromatic nitrogens is 2. The van der Waals surface area contributed by atoms with Gasteiger partial charge in [0.1, 0.15) is 5.82 Å². The summed E-state index contributed by atoms with van der Waals surface area (Å²) in [7, 11) is 0. The summed E-state index contributed by atoms with van der Waals surface area (Å²) in [5.41, 5.74) is 0.958. The second-order valence-corrected chi connectivity index (χ2v) is 4.77. The van der Waals surface area contributed by atoms with Crippen molar-refractivity contribution in [3.8, 4) is 5.69 Å². The van der Waals surface area contributed by atoms with Crippen LogP contribution in [-0.2, 0) is 0 Å². The van der Waals surface area contributed by atoms with Crippen molar-refractivity contribution in [2.24, 2.45) is 0 Å². The van der Waals surface area contributed by atoms with Gasteiger partial charge in [0.2, 0.25) is 0 Å². The molecular weight excluding hydrogens is 271 g/mol. The molecule has 0 radical (unpaired) electrons. The van der Waals surface area contributed by atoms with E-state index in [0.717, 1.165) is 0 Å². The molecule has 0 saturated heterocycles. The molecule has 0 bridgehead atoms. The van der Waals surface area contributed by atoms with Crippen molar-refractivity contribution >= 4 is 17.6 Å². The molecule has 6 heteroatoms. The summed E-state index contributed by atoms with van der Waals surface area (Å²) < 4.78 is 14.4. The summed E-state index contributed by atoms with van der Waals surface area (Å²) in [5.74, 6) is -1.57. The molecule has 2 rings (SSSR count). The highest BCUT2D eigenvalue weighted by Crippen LogP contribution is 2.30. The highest BCUT2D eigenvalue weighted by Gasteiger charge is 2.23. The monoisotopic (exact) mass is 282 g/mol. The maximum atomic E-state index is 12.9. The Morgan fingerprint density at radius 1 is 1.37 bits per heavy atom. The normalized spacial score (nSPS) is 11.0. The topological polar surface area (TPSA) is 55.1 Å². The third-order valence-corrected chi connectivity index (χ3v) is 3.05. The Morgan fingerprint density at radius 3 is 2.42 bits per heavy atom. The van der Waals surface area contributed by atoms with Gasteiger partial charge in [-0.3, -0.25) is 0 Å². The first-order valence-corrected chi connectivity index (χ1v) is 6.07. The molecule has 1 heterocycles. The molecular formula is C13H12ClFN2O2. The highest BCUT2D eigenvalue weighted by atomic mass is 35.5. The van der Waals surface area contributed by atoms with Crippen LogP contribution in [0.25, 0.3) is 5.69 Å². The Balaban J connectivity index is 2.65. The molecule has 1 aromatic heterocycles. The Hall–Kier alpha value is -1.88. The summed E-state index contributed by atoms with van der Waals surface area (Å²) >= 11 is 6.06. The van der Waals surface area contributed by atoms with E-state index in [9.17, 15) is 9.18 Å². The summed E-state index contributed by atoms with van der Waals surface area (Å²) in [5, 5.41) is 13.2. The van der Waals surface area contributed by atoms with Crippen LogP contribution in [0.2, 0.25) is 5.02 Å². The number of aromatic carboxylic acids is 1. The Kier molecular flexibility index (Phi) is 3.57. The quantitative estimate of drug-likeness (QED) is 0.937. The van der Waals surface area contributed by atoms with Crippen LogP contribution in [0, 0.1) is 5.82 Å². The van der Waals surface area contributed by atoms with Crippen molar-refractivity contribution in [3.05, 3.63) is 46.5 Å². The van der Waals surface area contributed by atoms with Crippen molar-refractivity contribution in [1.29, 1.82) is 0 Å². The van der Waals surface area contributed by atoms with E-state index in [2.05, 4.69) is 5.10 Å². The maximum Gasteiger partial charge on any atom is 0.358 e. The van der Waals surface area contributed by atoms with E-state index < -0.39 is 5.97 Å². The lowest BCUT2D eigenvalue weighted by Crippen LogP contribution is -2.04. The van der Waals surface area contributed by atoms with Gasteiger partial charge < -0.3 is 5.11 Å². The van der Waals surface area contributed by atoms with E-state index in [0.29, 0.717) is 11.4 Å². The van der Waals surface area contributed by atoms with E-state index >= 15 is 0 Å². The first-order valence-electron chi connectivity index (χ1n) is 5.69. The van der Waals surface area contributed by atoms with Crippen LogP contribution >= 0.6 is 11.6 Å². The summed E-state index contributed by atoms with van der Waals surface area (Å²) in [4.78, 5) is 11.1. The minimum atomic E-state index is -1.19. The van der Waals surface area contributed by atoms with Crippen molar-refractivity contribution in [1.82, 2.24) is 9.78 Å². The molecule has 19 heavy (non-hydrogen) atoms. The first kappa shape index (κ1) is 13.5. The minimum Gasteiger partial charge on any atom is -0.476 e. The predicted molar refractivity (Wildman–Crippen MR) is 69.6 cm³/mol. The molecule has 100 valence electrons. The second kappa shape index (κ2) is 5.01. The number of carbonyl (C=O) groups is 1. The summed E-state index contributed by atoms with van der Waals surface area (Å²) in [6.07, 6.45) is 0. The number of carboxylic acids is 1. The van der Waals surface area contributed by atoms with Gasteiger partial charge in [-0.2, -0.15) is 5.10 Å². The summed E-state index contributed by atoms with van der Waals surface area (Å²) in [6.45, 7) is 3.77. The number of rotatable bonds is 3. The number of nitrogens with zero attached hydrogens (tertiary/aromatic N) is 2. The largest absolute Gasteiger partial charge is 0.476 e. The van der Waals surface area contributed by atoms with Crippen LogP contribution in [0.1, 0.15) is 35.9 Å². The van der Waals surface area contributed by atoms with E-state index in [1.54, 1.807) is 0 Å². The first-order chi connectivity index (χ1) is 8.91. The number of halogens is 2. The van der Waals surface area contributed by atoms with Gasteiger partial charge in [-0.05, 0) is 30.2 Å². The fourth-order valence-corrected chi connectivity index (χ4v) is 2.24. The highest BCUT2D eigenvalue weighted by molar-refractivity contribution is 6.34. The predicted octanol–water partition coefficient (Wildman–Crippen LogP) is 3.49. The molecule has 0 amide bonds. The van der Waals surface area contributed by atoms with Gasteiger partial charge in [0.05, 0.1) is 16.4 Å². The zero-order valence-electron chi connectivity index (χ0n) is 10.4. The van der Waals surface area contributed by atoms with Gasteiger partial charge in [-0.25, -0.2) is 13.9 Å². The number of hydrogen-bond donors (Lipinski definition) is 1. The van der Waals surface area contributed by atoms with Crippen LogP contribution in [0.3, 0.4) is 0 Å². The van der Waals surface area contributed by atoms with Crippen LogP contribution < -0.4 is 0 Å². The zero-order chi connectivity index (χ0) is 14.2. The van der Waals surface area contributed by atoms with Gasteiger partial charge in [0.15, 0.2) is 5.69 Å². The smallest absolute Gasteiger partial charge is 0.358 e. The lowest BCUT2D eigenvalue weighted by molar-refractivity contribution is 0.0690. The summed E-state index contributed by atoms with van der Waals surface area (Å²) in [6, 6.07) is 5.62. The maximum absolute atomic E-state index is 12.9. The average Bonchev–Trinajstić information content (AvgIpc) is 2.68. The number of hydrogen-bond acceptors (Lipinski definition) is 2. The molecule has 0 aliphatic carbocycles. The molecule has 1 aromatic carbocycles. The van der Waals surface area contributed by atoms with Crippen molar-refractivity contribution in [2.45, 2.75) is 19.8 Å². The SMILES string of the molecule is CC(C)c1c(Cl)c(C(=O)O)nn1-c1ccc(F)cc1. The van der Waals surface area contributed by atoms with Crippen LogP contribution in [0.5, 0.6) is 0 Å². The zero-order valence-corrected chi connectivity index (χ0v) is 11.1. The number of benzene rings is 1. The fraction of sp³-hybridized carbons (Fsp3) is 0.231. The Labute approximate surface area is 114 Å². The van der Waals surface area contributed by atoms with Gasteiger partial charge in [-0.1, -0.05) is 25.4 Å². The molecule has 0 aliphatic heterocycles. The lowest BCUT2D eigenvalue weighted by Gasteiger charge is -2.10. The Morgan fingerprint density at radius 2 is 1.95 bits per heavy atom. The molecule has 0 aliphatic rings. The van der Waals surface area contributed by atoms with E-state index in [1.807, 2.05) is 13.8 Å². The molecule has 0 fully saturated rings. The van der Waals surface area contributed by atoms with Gasteiger partial charge in [0, 0.05) is 0 Å². The second-order valence-electron chi connectivity index (χ2n) is 4.40. The van der Waals surface area contributed by atoms with Crippen LogP contribution in [-0.4, -0.2) is 20.9 Å². The molecule has 1 N–H and O–H groups in total. The molecule has 2 aromatic rings. The van der Waals surface area contributed by atoms with Gasteiger partial charge in [0.25, 0.3) is 0 Å².